The molecular weight excluding hydrogens is 384 g/mol. The average molecular weight is 417 g/mol. The van der Waals surface area contributed by atoms with E-state index in [1.54, 1.807) is 7.11 Å². The van der Waals surface area contributed by atoms with Gasteiger partial charge in [0.1, 0.15) is 5.75 Å². The number of carbonyl (C=O) groups is 1. The molecule has 0 amide bonds. The topological polar surface area (TPSA) is 35.5 Å². The van der Waals surface area contributed by atoms with E-state index in [0.717, 1.165) is 23.1 Å². The SMILES string of the molecule is CCCCCCc1ccc(C(=O)Oc2ccc(-c3ccc(C(C)OC)cc3)cc2)cc1. The van der Waals surface area contributed by atoms with Gasteiger partial charge >= 0.3 is 5.97 Å². The van der Waals surface area contributed by atoms with E-state index >= 15 is 0 Å². The van der Waals surface area contributed by atoms with Gasteiger partial charge in [0.15, 0.2) is 0 Å². The zero-order valence-electron chi connectivity index (χ0n) is 18.8. The molecule has 31 heavy (non-hydrogen) atoms. The number of unbranched alkanes of at least 4 members (excludes halogenated alkanes) is 3. The van der Waals surface area contributed by atoms with Crippen LogP contribution >= 0.6 is 0 Å². The molecule has 0 heterocycles. The minimum atomic E-state index is -0.330. The van der Waals surface area contributed by atoms with E-state index < -0.39 is 0 Å². The molecule has 3 heteroatoms. The Bertz CT molecular complexity index is 941. The van der Waals surface area contributed by atoms with Gasteiger partial charge in [-0.2, -0.15) is 0 Å². The molecule has 3 aromatic rings. The van der Waals surface area contributed by atoms with E-state index in [9.17, 15) is 4.79 Å². The zero-order valence-corrected chi connectivity index (χ0v) is 18.8. The highest BCUT2D eigenvalue weighted by atomic mass is 16.5. The van der Waals surface area contributed by atoms with Gasteiger partial charge in [0.25, 0.3) is 0 Å². The van der Waals surface area contributed by atoms with Gasteiger partial charge in [-0.15, -0.1) is 0 Å². The van der Waals surface area contributed by atoms with Crippen LogP contribution < -0.4 is 4.74 Å². The predicted octanol–water partition coefficient (Wildman–Crippen LogP) is 7.40. The summed E-state index contributed by atoms with van der Waals surface area (Å²) in [5.41, 5.74) is 5.17. The largest absolute Gasteiger partial charge is 0.423 e. The van der Waals surface area contributed by atoms with Crippen molar-refractivity contribution in [2.24, 2.45) is 0 Å². The molecule has 0 aromatic heterocycles. The first-order valence-corrected chi connectivity index (χ1v) is 11.1. The lowest BCUT2D eigenvalue weighted by Gasteiger charge is -2.11. The van der Waals surface area contributed by atoms with Crippen molar-refractivity contribution in [3.63, 3.8) is 0 Å². The number of benzene rings is 3. The molecule has 0 saturated carbocycles. The molecule has 0 radical (unpaired) electrons. The summed E-state index contributed by atoms with van der Waals surface area (Å²) in [6.07, 6.45) is 6.10. The second-order valence-corrected chi connectivity index (χ2v) is 7.92. The molecule has 3 rings (SSSR count). The van der Waals surface area contributed by atoms with Crippen LogP contribution in [0.25, 0.3) is 11.1 Å². The molecule has 0 aliphatic carbocycles. The smallest absolute Gasteiger partial charge is 0.343 e. The van der Waals surface area contributed by atoms with Gasteiger partial charge in [0.05, 0.1) is 11.7 Å². The van der Waals surface area contributed by atoms with Gasteiger partial charge in [0.2, 0.25) is 0 Å². The third kappa shape index (κ3) is 6.53. The monoisotopic (exact) mass is 416 g/mol. The fourth-order valence-electron chi connectivity index (χ4n) is 3.53. The highest BCUT2D eigenvalue weighted by Gasteiger charge is 2.09. The van der Waals surface area contributed by atoms with Crippen LogP contribution in [0.15, 0.2) is 72.8 Å². The van der Waals surface area contributed by atoms with Crippen molar-refractivity contribution in [1.29, 1.82) is 0 Å². The van der Waals surface area contributed by atoms with Crippen LogP contribution in [0.2, 0.25) is 0 Å². The van der Waals surface area contributed by atoms with Gasteiger partial charge in [-0.25, -0.2) is 4.79 Å². The number of hydrogen-bond acceptors (Lipinski definition) is 3. The Balaban J connectivity index is 1.57. The number of methoxy groups -OCH3 is 1. The van der Waals surface area contributed by atoms with E-state index in [-0.39, 0.29) is 12.1 Å². The van der Waals surface area contributed by atoms with Crippen molar-refractivity contribution < 1.29 is 14.3 Å². The van der Waals surface area contributed by atoms with E-state index in [1.807, 2.05) is 55.5 Å². The fraction of sp³-hybridized carbons (Fsp3) is 0.321. The summed E-state index contributed by atoms with van der Waals surface area (Å²) < 4.78 is 10.9. The third-order valence-corrected chi connectivity index (χ3v) is 5.64. The van der Waals surface area contributed by atoms with Crippen molar-refractivity contribution >= 4 is 5.97 Å². The molecule has 3 nitrogen and oxygen atoms in total. The minimum absolute atomic E-state index is 0.0750. The molecule has 162 valence electrons. The van der Waals surface area contributed by atoms with Crippen molar-refractivity contribution in [1.82, 2.24) is 0 Å². The summed E-state index contributed by atoms with van der Waals surface area (Å²) in [4.78, 5) is 12.5. The molecule has 0 fully saturated rings. The lowest BCUT2D eigenvalue weighted by atomic mass is 10.0. The summed E-state index contributed by atoms with van der Waals surface area (Å²) in [7, 11) is 1.71. The molecule has 0 saturated heterocycles. The van der Waals surface area contributed by atoms with Crippen LogP contribution in [0, 0.1) is 0 Å². The maximum Gasteiger partial charge on any atom is 0.343 e. The molecule has 1 atom stereocenters. The Kier molecular flexibility index (Phi) is 8.43. The molecular formula is C28H32O3. The van der Waals surface area contributed by atoms with Crippen molar-refractivity contribution in [2.75, 3.05) is 7.11 Å². The minimum Gasteiger partial charge on any atom is -0.423 e. The summed E-state index contributed by atoms with van der Waals surface area (Å²) in [5.74, 6) is 0.213. The van der Waals surface area contributed by atoms with Crippen LogP contribution in [-0.4, -0.2) is 13.1 Å². The molecule has 0 spiro atoms. The van der Waals surface area contributed by atoms with E-state index in [4.69, 9.17) is 9.47 Å². The molecule has 3 aromatic carbocycles. The maximum absolute atomic E-state index is 12.5. The Morgan fingerprint density at radius 3 is 2.00 bits per heavy atom. The molecule has 1 unspecified atom stereocenters. The van der Waals surface area contributed by atoms with E-state index in [0.29, 0.717) is 11.3 Å². The first kappa shape index (κ1) is 22.8. The second kappa shape index (κ2) is 11.5. The molecule has 0 bridgehead atoms. The number of esters is 1. The maximum atomic E-state index is 12.5. The normalized spacial score (nSPS) is 11.8. The van der Waals surface area contributed by atoms with Crippen LogP contribution in [0.4, 0.5) is 0 Å². The summed E-state index contributed by atoms with van der Waals surface area (Å²) >= 11 is 0. The summed E-state index contributed by atoms with van der Waals surface area (Å²) in [5, 5.41) is 0. The Morgan fingerprint density at radius 2 is 1.42 bits per heavy atom. The Morgan fingerprint density at radius 1 is 0.806 bits per heavy atom. The summed E-state index contributed by atoms with van der Waals surface area (Å²) in [6, 6.07) is 23.7. The highest BCUT2D eigenvalue weighted by Crippen LogP contribution is 2.25. The van der Waals surface area contributed by atoms with Crippen LogP contribution in [-0.2, 0) is 11.2 Å². The number of rotatable bonds is 10. The van der Waals surface area contributed by atoms with Crippen LogP contribution in [0.3, 0.4) is 0 Å². The van der Waals surface area contributed by atoms with Gasteiger partial charge < -0.3 is 9.47 Å². The average Bonchev–Trinajstić information content (AvgIpc) is 2.82. The van der Waals surface area contributed by atoms with Crippen LogP contribution in [0.5, 0.6) is 5.75 Å². The van der Waals surface area contributed by atoms with Gasteiger partial charge in [-0.3, -0.25) is 0 Å². The van der Waals surface area contributed by atoms with Crippen molar-refractivity contribution in [3.8, 4) is 16.9 Å². The lowest BCUT2D eigenvalue weighted by Crippen LogP contribution is -2.08. The highest BCUT2D eigenvalue weighted by molar-refractivity contribution is 5.91. The Labute approximate surface area is 186 Å². The standard InChI is InChI=1S/C28H32O3/c1-4-5-6-7-8-22-9-11-26(12-10-22)28(29)31-27-19-17-25(18-20-27)24-15-13-23(14-16-24)21(2)30-3/h9-21H,4-8H2,1-3H3. The fourth-order valence-corrected chi connectivity index (χ4v) is 3.53. The van der Waals surface area contributed by atoms with Crippen molar-refractivity contribution in [3.05, 3.63) is 89.5 Å². The quantitative estimate of drug-likeness (QED) is 0.196. The summed E-state index contributed by atoms with van der Waals surface area (Å²) in [6.45, 7) is 4.24. The van der Waals surface area contributed by atoms with Crippen molar-refractivity contribution in [2.45, 2.75) is 52.1 Å². The third-order valence-electron chi connectivity index (χ3n) is 5.64. The molecule has 0 N–H and O–H groups in total. The van der Waals surface area contributed by atoms with Gasteiger partial charge in [0, 0.05) is 7.11 Å². The lowest BCUT2D eigenvalue weighted by molar-refractivity contribution is 0.0734. The first-order chi connectivity index (χ1) is 15.1. The van der Waals surface area contributed by atoms with Gasteiger partial charge in [-0.05, 0) is 66.3 Å². The first-order valence-electron chi connectivity index (χ1n) is 11.1. The van der Waals surface area contributed by atoms with Crippen LogP contribution in [0.1, 0.15) is 67.1 Å². The van der Waals surface area contributed by atoms with Gasteiger partial charge in [-0.1, -0.05) is 74.7 Å². The molecule has 0 aliphatic heterocycles. The Hall–Kier alpha value is -2.91. The zero-order chi connectivity index (χ0) is 22.1. The predicted molar refractivity (Wildman–Crippen MR) is 127 cm³/mol. The number of hydrogen-bond donors (Lipinski definition) is 0. The van der Waals surface area contributed by atoms with E-state index in [2.05, 4.69) is 31.2 Å². The number of ether oxygens (including phenoxy) is 2. The second-order valence-electron chi connectivity index (χ2n) is 7.92. The number of carbonyl (C=O) groups excluding carboxylic acids is 1. The van der Waals surface area contributed by atoms with E-state index in [1.165, 1.54) is 31.2 Å². The molecule has 0 aliphatic rings. The number of aryl methyl sites for hydroxylation is 1.